The van der Waals surface area contributed by atoms with Gasteiger partial charge < -0.3 is 9.84 Å². The number of hydrogen-bond donors (Lipinski definition) is 1. The molecule has 64 valence electrons. The summed E-state index contributed by atoms with van der Waals surface area (Å²) in [4.78, 5) is 21.2. The SMILES string of the molecule is C=C=CC1CC(=O)OC1C(=O)O. The summed E-state index contributed by atoms with van der Waals surface area (Å²) in [5.74, 6) is -2.04. The van der Waals surface area contributed by atoms with E-state index in [0.29, 0.717) is 0 Å². The highest BCUT2D eigenvalue weighted by Gasteiger charge is 2.38. The van der Waals surface area contributed by atoms with E-state index < -0.39 is 24.0 Å². The highest BCUT2D eigenvalue weighted by molar-refractivity contribution is 5.82. The third-order valence-corrected chi connectivity index (χ3v) is 1.62. The highest BCUT2D eigenvalue weighted by Crippen LogP contribution is 2.22. The number of aliphatic carboxylic acids is 1. The molecule has 0 aromatic heterocycles. The molecular weight excluding hydrogens is 160 g/mol. The van der Waals surface area contributed by atoms with Crippen molar-refractivity contribution in [2.45, 2.75) is 12.5 Å². The molecule has 0 aromatic carbocycles. The summed E-state index contributed by atoms with van der Waals surface area (Å²) >= 11 is 0. The van der Waals surface area contributed by atoms with Crippen molar-refractivity contribution in [2.24, 2.45) is 5.92 Å². The number of esters is 1. The lowest BCUT2D eigenvalue weighted by Crippen LogP contribution is -2.25. The molecule has 0 aromatic rings. The van der Waals surface area contributed by atoms with Gasteiger partial charge in [0.15, 0.2) is 0 Å². The van der Waals surface area contributed by atoms with Crippen LogP contribution in [0.25, 0.3) is 0 Å². The van der Waals surface area contributed by atoms with Crippen molar-refractivity contribution in [3.05, 3.63) is 18.4 Å². The van der Waals surface area contributed by atoms with Crippen molar-refractivity contribution >= 4 is 11.9 Å². The zero-order valence-corrected chi connectivity index (χ0v) is 6.32. The maximum Gasteiger partial charge on any atom is 0.345 e. The van der Waals surface area contributed by atoms with Gasteiger partial charge in [0.1, 0.15) is 0 Å². The molecule has 0 aliphatic carbocycles. The minimum atomic E-state index is -1.13. The molecule has 0 radical (unpaired) electrons. The Bertz CT molecular complexity index is 250. The Kier molecular flexibility index (Phi) is 2.31. The Morgan fingerprint density at radius 1 is 1.83 bits per heavy atom. The molecule has 1 fully saturated rings. The van der Waals surface area contributed by atoms with Crippen LogP contribution in [0.1, 0.15) is 6.42 Å². The molecule has 0 saturated carbocycles. The Balaban J connectivity index is 2.78. The fourth-order valence-corrected chi connectivity index (χ4v) is 1.11. The summed E-state index contributed by atoms with van der Waals surface area (Å²) < 4.78 is 4.55. The summed E-state index contributed by atoms with van der Waals surface area (Å²) in [5.41, 5.74) is 2.44. The van der Waals surface area contributed by atoms with Gasteiger partial charge in [0.25, 0.3) is 0 Å². The lowest BCUT2D eigenvalue weighted by Gasteiger charge is -2.06. The Morgan fingerprint density at radius 3 is 3.00 bits per heavy atom. The van der Waals surface area contributed by atoms with E-state index in [4.69, 9.17) is 5.11 Å². The number of carboxylic acid groups (broad SMARTS) is 1. The van der Waals surface area contributed by atoms with Crippen LogP contribution in [-0.2, 0) is 14.3 Å². The van der Waals surface area contributed by atoms with E-state index >= 15 is 0 Å². The van der Waals surface area contributed by atoms with Crippen LogP contribution in [0.4, 0.5) is 0 Å². The first kappa shape index (κ1) is 8.56. The number of carboxylic acids is 1. The molecule has 1 N–H and O–H groups in total. The lowest BCUT2D eigenvalue weighted by molar-refractivity contribution is -0.157. The number of hydrogen-bond acceptors (Lipinski definition) is 3. The van der Waals surface area contributed by atoms with Crippen molar-refractivity contribution in [1.29, 1.82) is 0 Å². The molecule has 12 heavy (non-hydrogen) atoms. The first-order valence-corrected chi connectivity index (χ1v) is 3.43. The molecule has 1 aliphatic heterocycles. The zero-order chi connectivity index (χ0) is 9.14. The monoisotopic (exact) mass is 168 g/mol. The van der Waals surface area contributed by atoms with Gasteiger partial charge in [-0.15, -0.1) is 5.73 Å². The van der Waals surface area contributed by atoms with Crippen LogP contribution < -0.4 is 0 Å². The fourth-order valence-electron chi connectivity index (χ4n) is 1.11. The van der Waals surface area contributed by atoms with Crippen LogP contribution >= 0.6 is 0 Å². The number of carbonyl (C=O) groups is 2. The second-order valence-corrected chi connectivity index (χ2v) is 2.49. The highest BCUT2D eigenvalue weighted by atomic mass is 16.6. The molecule has 0 amide bonds. The quantitative estimate of drug-likeness (QED) is 0.477. The van der Waals surface area contributed by atoms with E-state index in [1.54, 1.807) is 0 Å². The maximum atomic E-state index is 10.7. The predicted octanol–water partition coefficient (Wildman–Crippen LogP) is 0.344. The third-order valence-electron chi connectivity index (χ3n) is 1.62. The first-order chi connectivity index (χ1) is 5.65. The summed E-state index contributed by atoms with van der Waals surface area (Å²) in [6, 6.07) is 0. The molecule has 1 aliphatic rings. The molecule has 1 heterocycles. The molecule has 1 rings (SSSR count). The summed E-state index contributed by atoms with van der Waals surface area (Å²) in [6.07, 6.45) is 0.482. The largest absolute Gasteiger partial charge is 0.478 e. The van der Waals surface area contributed by atoms with Crippen LogP contribution in [0, 0.1) is 5.92 Å². The molecule has 4 nitrogen and oxygen atoms in total. The van der Waals surface area contributed by atoms with Gasteiger partial charge in [0, 0.05) is 5.92 Å². The van der Waals surface area contributed by atoms with Crippen LogP contribution in [-0.4, -0.2) is 23.1 Å². The first-order valence-electron chi connectivity index (χ1n) is 3.43. The molecule has 2 atom stereocenters. The summed E-state index contributed by atoms with van der Waals surface area (Å²) in [7, 11) is 0. The summed E-state index contributed by atoms with van der Waals surface area (Å²) in [5, 5.41) is 8.58. The van der Waals surface area contributed by atoms with E-state index in [0.717, 1.165) is 0 Å². The van der Waals surface area contributed by atoms with E-state index in [1.165, 1.54) is 6.08 Å². The molecule has 0 spiro atoms. The van der Waals surface area contributed by atoms with Gasteiger partial charge in [-0.1, -0.05) is 6.58 Å². The fraction of sp³-hybridized carbons (Fsp3) is 0.375. The Hall–Kier alpha value is -1.54. The van der Waals surface area contributed by atoms with Gasteiger partial charge in [0.05, 0.1) is 6.42 Å². The predicted molar refractivity (Wildman–Crippen MR) is 39.3 cm³/mol. The Labute approximate surface area is 69.1 Å². The molecular formula is C8H8O4. The van der Waals surface area contributed by atoms with Crippen LogP contribution in [0.3, 0.4) is 0 Å². The van der Waals surface area contributed by atoms with Crippen molar-refractivity contribution < 1.29 is 19.4 Å². The number of carbonyl (C=O) groups excluding carboxylic acids is 1. The van der Waals surface area contributed by atoms with Crippen molar-refractivity contribution in [3.63, 3.8) is 0 Å². The minimum Gasteiger partial charge on any atom is -0.478 e. The van der Waals surface area contributed by atoms with Crippen LogP contribution in [0.2, 0.25) is 0 Å². The smallest absolute Gasteiger partial charge is 0.345 e. The molecule has 0 bridgehead atoms. The molecule has 1 saturated heterocycles. The molecule has 2 unspecified atom stereocenters. The third kappa shape index (κ3) is 1.54. The van der Waals surface area contributed by atoms with Gasteiger partial charge in [0.2, 0.25) is 6.10 Å². The standard InChI is InChI=1S/C8H8O4/c1-2-3-5-4-6(9)12-7(5)8(10)11/h3,5,7H,1,4H2,(H,10,11). The van der Waals surface area contributed by atoms with Crippen molar-refractivity contribution in [1.82, 2.24) is 0 Å². The average Bonchev–Trinajstić information content (AvgIpc) is 2.32. The van der Waals surface area contributed by atoms with Gasteiger partial charge >= 0.3 is 11.9 Å². The number of cyclic esters (lactones) is 1. The topological polar surface area (TPSA) is 63.6 Å². The number of rotatable bonds is 2. The maximum absolute atomic E-state index is 10.7. The summed E-state index contributed by atoms with van der Waals surface area (Å²) in [6.45, 7) is 3.30. The van der Waals surface area contributed by atoms with Gasteiger partial charge in [-0.3, -0.25) is 4.79 Å². The van der Waals surface area contributed by atoms with Gasteiger partial charge in [-0.2, -0.15) is 0 Å². The van der Waals surface area contributed by atoms with E-state index in [-0.39, 0.29) is 6.42 Å². The average molecular weight is 168 g/mol. The normalized spacial score (nSPS) is 27.5. The minimum absolute atomic E-state index is 0.0967. The van der Waals surface area contributed by atoms with E-state index in [1.807, 2.05) is 0 Å². The van der Waals surface area contributed by atoms with Crippen molar-refractivity contribution in [2.75, 3.05) is 0 Å². The zero-order valence-electron chi connectivity index (χ0n) is 6.32. The second-order valence-electron chi connectivity index (χ2n) is 2.49. The van der Waals surface area contributed by atoms with Gasteiger partial charge in [-0.25, -0.2) is 4.79 Å². The van der Waals surface area contributed by atoms with Crippen molar-refractivity contribution in [3.8, 4) is 0 Å². The van der Waals surface area contributed by atoms with Gasteiger partial charge in [-0.05, 0) is 6.08 Å². The lowest BCUT2D eigenvalue weighted by atomic mass is 10.0. The van der Waals surface area contributed by atoms with E-state index in [9.17, 15) is 9.59 Å². The second kappa shape index (κ2) is 3.24. The van der Waals surface area contributed by atoms with E-state index in [2.05, 4.69) is 17.0 Å². The number of ether oxygens (including phenoxy) is 1. The van der Waals surface area contributed by atoms with Crippen LogP contribution in [0.15, 0.2) is 18.4 Å². The Morgan fingerprint density at radius 2 is 2.50 bits per heavy atom. The van der Waals surface area contributed by atoms with Crippen LogP contribution in [0.5, 0.6) is 0 Å². The molecule has 4 heteroatoms.